The van der Waals surface area contributed by atoms with Gasteiger partial charge in [0.25, 0.3) is 0 Å². The number of aromatic nitrogens is 1. The van der Waals surface area contributed by atoms with Crippen molar-refractivity contribution in [1.29, 1.82) is 0 Å². The standard InChI is InChI=1S/C14H24ClN5/c1-3-20-8-4-5-11(20)9-19(2)10-13-12(15)6-7-14(17-13)18-16/h6-7,11H,3-5,8-10,16H2,1-2H3,(H,17,18). The lowest BCUT2D eigenvalue weighted by Gasteiger charge is -2.27. The molecule has 0 aromatic carbocycles. The van der Waals surface area contributed by atoms with E-state index in [0.29, 0.717) is 16.9 Å². The zero-order valence-corrected chi connectivity index (χ0v) is 13.0. The normalized spacial score (nSPS) is 19.8. The van der Waals surface area contributed by atoms with Gasteiger partial charge in [-0.2, -0.15) is 0 Å². The maximum absolute atomic E-state index is 6.20. The van der Waals surface area contributed by atoms with E-state index in [4.69, 9.17) is 17.4 Å². The molecular weight excluding hydrogens is 274 g/mol. The van der Waals surface area contributed by atoms with E-state index in [9.17, 15) is 0 Å². The van der Waals surface area contributed by atoms with E-state index in [0.717, 1.165) is 25.3 Å². The van der Waals surface area contributed by atoms with Gasteiger partial charge < -0.3 is 5.43 Å². The van der Waals surface area contributed by atoms with Crippen LogP contribution in [0.5, 0.6) is 0 Å². The third-order valence-electron chi connectivity index (χ3n) is 3.91. The van der Waals surface area contributed by atoms with Crippen molar-refractivity contribution in [3.05, 3.63) is 22.8 Å². The molecule has 112 valence electrons. The van der Waals surface area contributed by atoms with Crippen molar-refractivity contribution in [3.8, 4) is 0 Å². The smallest absolute Gasteiger partial charge is 0.140 e. The summed E-state index contributed by atoms with van der Waals surface area (Å²) in [4.78, 5) is 9.25. The Morgan fingerprint density at radius 1 is 1.55 bits per heavy atom. The molecule has 2 heterocycles. The van der Waals surface area contributed by atoms with E-state index in [1.165, 1.54) is 19.4 Å². The lowest BCUT2D eigenvalue weighted by molar-refractivity contribution is 0.194. The molecule has 5 nitrogen and oxygen atoms in total. The van der Waals surface area contributed by atoms with Gasteiger partial charge >= 0.3 is 0 Å². The molecule has 6 heteroatoms. The lowest BCUT2D eigenvalue weighted by Crippen LogP contribution is -2.38. The fourth-order valence-corrected chi connectivity index (χ4v) is 3.04. The summed E-state index contributed by atoms with van der Waals surface area (Å²) < 4.78 is 0. The highest BCUT2D eigenvalue weighted by Crippen LogP contribution is 2.20. The van der Waals surface area contributed by atoms with Crippen LogP contribution < -0.4 is 11.3 Å². The first-order chi connectivity index (χ1) is 9.63. The molecular formula is C14H24ClN5. The number of likely N-dealkylation sites (tertiary alicyclic amines) is 1. The molecule has 1 atom stereocenters. The minimum Gasteiger partial charge on any atom is -0.308 e. The van der Waals surface area contributed by atoms with Crippen molar-refractivity contribution in [3.63, 3.8) is 0 Å². The summed E-state index contributed by atoms with van der Waals surface area (Å²) >= 11 is 6.20. The van der Waals surface area contributed by atoms with Gasteiger partial charge in [0, 0.05) is 19.1 Å². The summed E-state index contributed by atoms with van der Waals surface area (Å²) in [5, 5.41) is 0.689. The van der Waals surface area contributed by atoms with Gasteiger partial charge in [0.1, 0.15) is 5.82 Å². The summed E-state index contributed by atoms with van der Waals surface area (Å²) in [5.74, 6) is 6.04. The second kappa shape index (κ2) is 7.22. The highest BCUT2D eigenvalue weighted by molar-refractivity contribution is 6.31. The van der Waals surface area contributed by atoms with Crippen molar-refractivity contribution < 1.29 is 0 Å². The Labute approximate surface area is 126 Å². The molecule has 1 aromatic heterocycles. The summed E-state index contributed by atoms with van der Waals surface area (Å²) in [6.07, 6.45) is 2.58. The van der Waals surface area contributed by atoms with Gasteiger partial charge in [-0.25, -0.2) is 10.8 Å². The van der Waals surface area contributed by atoms with Crippen LogP contribution in [0.25, 0.3) is 0 Å². The number of halogens is 1. The number of nitrogens with two attached hydrogens (primary N) is 1. The number of hydrogen-bond donors (Lipinski definition) is 2. The summed E-state index contributed by atoms with van der Waals surface area (Å²) in [7, 11) is 2.12. The topological polar surface area (TPSA) is 57.4 Å². The zero-order valence-electron chi connectivity index (χ0n) is 12.3. The third-order valence-corrected chi connectivity index (χ3v) is 4.26. The van der Waals surface area contributed by atoms with E-state index < -0.39 is 0 Å². The molecule has 1 unspecified atom stereocenters. The van der Waals surface area contributed by atoms with Crippen molar-refractivity contribution in [2.24, 2.45) is 5.84 Å². The van der Waals surface area contributed by atoms with Crippen LogP contribution in [0.2, 0.25) is 5.02 Å². The van der Waals surface area contributed by atoms with E-state index in [2.05, 4.69) is 34.2 Å². The van der Waals surface area contributed by atoms with Gasteiger partial charge in [0.2, 0.25) is 0 Å². The molecule has 1 saturated heterocycles. The first-order valence-corrected chi connectivity index (χ1v) is 7.56. The quantitative estimate of drug-likeness (QED) is 0.621. The minimum atomic E-state index is 0.647. The number of likely N-dealkylation sites (N-methyl/N-ethyl adjacent to an activating group) is 2. The number of nitrogens with one attached hydrogen (secondary N) is 1. The molecule has 1 fully saturated rings. The van der Waals surface area contributed by atoms with Crippen molar-refractivity contribution in [1.82, 2.24) is 14.8 Å². The Balaban J connectivity index is 1.95. The summed E-state index contributed by atoms with van der Waals surface area (Å²) in [6, 6.07) is 4.27. The molecule has 0 saturated carbocycles. The Bertz CT molecular complexity index is 440. The van der Waals surface area contributed by atoms with Crippen molar-refractivity contribution >= 4 is 17.4 Å². The Hall–Kier alpha value is -0.880. The third kappa shape index (κ3) is 3.82. The van der Waals surface area contributed by atoms with Crippen LogP contribution in [-0.2, 0) is 6.54 Å². The van der Waals surface area contributed by atoms with Crippen LogP contribution in [0.4, 0.5) is 5.82 Å². The maximum Gasteiger partial charge on any atom is 0.140 e. The average molecular weight is 298 g/mol. The Kier molecular flexibility index (Phi) is 5.60. The fraction of sp³-hybridized carbons (Fsp3) is 0.643. The molecule has 0 amide bonds. The van der Waals surface area contributed by atoms with Crippen molar-refractivity contribution in [2.75, 3.05) is 32.1 Å². The second-order valence-corrected chi connectivity index (χ2v) is 5.80. The highest BCUT2D eigenvalue weighted by Gasteiger charge is 2.24. The molecule has 1 aliphatic heterocycles. The molecule has 20 heavy (non-hydrogen) atoms. The fourth-order valence-electron chi connectivity index (χ4n) is 2.87. The van der Waals surface area contributed by atoms with Gasteiger partial charge in [0.05, 0.1) is 10.7 Å². The number of anilines is 1. The van der Waals surface area contributed by atoms with Crippen LogP contribution in [0.15, 0.2) is 12.1 Å². The second-order valence-electron chi connectivity index (χ2n) is 5.39. The first-order valence-electron chi connectivity index (χ1n) is 7.18. The minimum absolute atomic E-state index is 0.647. The van der Waals surface area contributed by atoms with Gasteiger partial charge in [-0.15, -0.1) is 0 Å². The highest BCUT2D eigenvalue weighted by atomic mass is 35.5. The molecule has 1 aliphatic rings. The molecule has 2 rings (SSSR count). The van der Waals surface area contributed by atoms with E-state index in [-0.39, 0.29) is 0 Å². The molecule has 0 bridgehead atoms. The molecule has 0 radical (unpaired) electrons. The summed E-state index contributed by atoms with van der Waals surface area (Å²) in [5.41, 5.74) is 3.43. The van der Waals surface area contributed by atoms with Crippen LogP contribution in [0, 0.1) is 0 Å². The van der Waals surface area contributed by atoms with Gasteiger partial charge in [-0.3, -0.25) is 9.80 Å². The lowest BCUT2D eigenvalue weighted by atomic mass is 10.2. The Morgan fingerprint density at radius 3 is 3.05 bits per heavy atom. The van der Waals surface area contributed by atoms with Gasteiger partial charge in [-0.05, 0) is 45.1 Å². The predicted octanol–water partition coefficient (Wildman–Crippen LogP) is 1.94. The molecule has 0 spiro atoms. The number of rotatable bonds is 6. The largest absolute Gasteiger partial charge is 0.308 e. The SMILES string of the molecule is CCN1CCCC1CN(C)Cc1nc(NN)ccc1Cl. The van der Waals surface area contributed by atoms with Gasteiger partial charge in [-0.1, -0.05) is 18.5 Å². The molecule has 0 aliphatic carbocycles. The first kappa shape index (κ1) is 15.5. The van der Waals surface area contributed by atoms with Crippen molar-refractivity contribution in [2.45, 2.75) is 32.4 Å². The monoisotopic (exact) mass is 297 g/mol. The van der Waals surface area contributed by atoms with Crippen LogP contribution >= 0.6 is 11.6 Å². The number of pyridine rings is 1. The van der Waals surface area contributed by atoms with Crippen LogP contribution in [-0.4, -0.2) is 47.5 Å². The van der Waals surface area contributed by atoms with Crippen LogP contribution in [0.3, 0.4) is 0 Å². The zero-order chi connectivity index (χ0) is 14.5. The maximum atomic E-state index is 6.20. The molecule has 1 aromatic rings. The number of hydrazine groups is 1. The van der Waals surface area contributed by atoms with E-state index in [1.54, 1.807) is 6.07 Å². The number of nitrogens with zero attached hydrogens (tertiary/aromatic N) is 3. The van der Waals surface area contributed by atoms with E-state index in [1.807, 2.05) is 6.07 Å². The van der Waals surface area contributed by atoms with Gasteiger partial charge in [0.15, 0.2) is 0 Å². The Morgan fingerprint density at radius 2 is 2.35 bits per heavy atom. The molecule has 3 N–H and O–H groups in total. The number of nitrogen functional groups attached to an aromatic ring is 1. The summed E-state index contributed by atoms with van der Waals surface area (Å²) in [6.45, 7) is 6.37. The predicted molar refractivity (Wildman–Crippen MR) is 83.7 cm³/mol. The number of hydrogen-bond acceptors (Lipinski definition) is 5. The van der Waals surface area contributed by atoms with Crippen LogP contribution in [0.1, 0.15) is 25.5 Å². The van der Waals surface area contributed by atoms with E-state index >= 15 is 0 Å². The average Bonchev–Trinajstić information content (AvgIpc) is 2.88.